The van der Waals surface area contributed by atoms with Crippen molar-refractivity contribution in [1.29, 1.82) is 0 Å². The molecule has 0 spiro atoms. The van der Waals surface area contributed by atoms with E-state index in [1.807, 2.05) is 88.6 Å². The highest BCUT2D eigenvalue weighted by atomic mass is 19.4. The molecule has 2 N–H and O–H groups in total. The number of amides is 2. The van der Waals surface area contributed by atoms with Crippen molar-refractivity contribution >= 4 is 29.2 Å². The summed E-state index contributed by atoms with van der Waals surface area (Å²) < 4.78 is 39.0. The van der Waals surface area contributed by atoms with Gasteiger partial charge in [0.15, 0.2) is 0 Å². The first-order chi connectivity index (χ1) is 21.6. The molecule has 1 aromatic heterocycles. The number of aliphatic carboxylic acids is 1. The van der Waals surface area contributed by atoms with Crippen molar-refractivity contribution < 1.29 is 37.4 Å². The van der Waals surface area contributed by atoms with Gasteiger partial charge in [-0.15, -0.1) is 0 Å². The van der Waals surface area contributed by atoms with Crippen LogP contribution in [0.4, 0.5) is 24.5 Å². The zero-order chi connectivity index (χ0) is 32.0. The zero-order valence-corrected chi connectivity index (χ0v) is 24.0. The Labute approximate surface area is 256 Å². The van der Waals surface area contributed by atoms with Crippen LogP contribution in [0.15, 0.2) is 85.1 Å². The molecule has 3 heterocycles. The normalized spacial score (nSPS) is 14.6. The maximum Gasteiger partial charge on any atom is 0.490 e. The van der Waals surface area contributed by atoms with Gasteiger partial charge in [-0.2, -0.15) is 18.3 Å². The van der Waals surface area contributed by atoms with E-state index in [1.54, 1.807) is 6.07 Å². The van der Waals surface area contributed by atoms with Crippen molar-refractivity contribution in [2.75, 3.05) is 43.1 Å². The van der Waals surface area contributed by atoms with Crippen molar-refractivity contribution in [1.82, 2.24) is 14.7 Å². The summed E-state index contributed by atoms with van der Waals surface area (Å²) in [6.07, 6.45) is -2.57. The predicted octanol–water partition coefficient (Wildman–Crippen LogP) is 4.79. The maximum atomic E-state index is 13.1. The minimum atomic E-state index is -5.08. The standard InChI is InChI=1S/C30H29N5O3.C2HF3O2/c36-29(32-25-9-11-26(12-10-25)33-15-17-38-18-16-33)23-7-4-8-27(19-23)35-28-13-14-34(21-24(28)20-31-35)30(37)22-5-2-1-3-6-22;3-2(4,5)1(6)7/h1-12,19-20H,13-18,21H2,(H,32,36);(H,6,7). The van der Waals surface area contributed by atoms with E-state index < -0.39 is 12.1 Å². The average Bonchev–Trinajstić information content (AvgIpc) is 3.49. The summed E-state index contributed by atoms with van der Waals surface area (Å²) in [6.45, 7) is 4.35. The van der Waals surface area contributed by atoms with Gasteiger partial charge in [-0.05, 0) is 54.6 Å². The number of carboxylic acid groups (broad SMARTS) is 1. The maximum absolute atomic E-state index is 13.1. The molecular weight excluding hydrogens is 591 g/mol. The van der Waals surface area contributed by atoms with Gasteiger partial charge in [0.25, 0.3) is 11.8 Å². The van der Waals surface area contributed by atoms with E-state index in [0.717, 1.165) is 54.6 Å². The third kappa shape index (κ3) is 7.68. The van der Waals surface area contributed by atoms with E-state index >= 15 is 0 Å². The molecule has 234 valence electrons. The minimum Gasteiger partial charge on any atom is -0.475 e. The number of anilines is 2. The molecule has 0 bridgehead atoms. The third-order valence-corrected chi connectivity index (χ3v) is 7.34. The lowest BCUT2D eigenvalue weighted by Gasteiger charge is -2.28. The van der Waals surface area contributed by atoms with Gasteiger partial charge in [0.1, 0.15) is 0 Å². The lowest BCUT2D eigenvalue weighted by Crippen LogP contribution is -2.36. The number of benzene rings is 3. The Kier molecular flexibility index (Phi) is 9.48. The average molecular weight is 622 g/mol. The number of carbonyl (C=O) groups is 3. The number of morpholine rings is 1. The molecule has 0 atom stereocenters. The SMILES string of the molecule is O=C(Nc1ccc(N2CCOCC2)cc1)c1cccc(-n2ncc3c2CCN(C(=O)c2ccccc2)C3)c1.O=C(O)C(F)(F)F. The highest BCUT2D eigenvalue weighted by Gasteiger charge is 2.38. The molecule has 1 fully saturated rings. The van der Waals surface area contributed by atoms with E-state index in [2.05, 4.69) is 15.3 Å². The largest absolute Gasteiger partial charge is 0.490 e. The summed E-state index contributed by atoms with van der Waals surface area (Å²) in [5.74, 6) is -2.90. The molecule has 10 nitrogen and oxygen atoms in total. The van der Waals surface area contributed by atoms with Gasteiger partial charge < -0.3 is 25.0 Å². The van der Waals surface area contributed by atoms with Crippen LogP contribution in [-0.2, 0) is 22.5 Å². The molecule has 0 radical (unpaired) electrons. The zero-order valence-electron chi connectivity index (χ0n) is 24.0. The van der Waals surface area contributed by atoms with Gasteiger partial charge in [-0.3, -0.25) is 9.59 Å². The summed E-state index contributed by atoms with van der Waals surface area (Å²) in [4.78, 5) is 39.0. The number of ether oxygens (including phenoxy) is 1. The Morgan fingerprint density at radius 1 is 0.844 bits per heavy atom. The molecule has 13 heteroatoms. The number of halogens is 3. The van der Waals surface area contributed by atoms with Crippen molar-refractivity contribution in [2.45, 2.75) is 19.1 Å². The summed E-state index contributed by atoms with van der Waals surface area (Å²) in [7, 11) is 0. The molecular formula is C32H30F3N5O5. The first kappa shape index (κ1) is 31.3. The fourth-order valence-corrected chi connectivity index (χ4v) is 5.05. The number of alkyl halides is 3. The number of fused-ring (bicyclic) bond motifs is 1. The van der Waals surface area contributed by atoms with E-state index in [-0.39, 0.29) is 11.8 Å². The second-order valence-corrected chi connectivity index (χ2v) is 10.3. The van der Waals surface area contributed by atoms with E-state index in [1.165, 1.54) is 0 Å². The van der Waals surface area contributed by atoms with Gasteiger partial charge in [-0.1, -0.05) is 24.3 Å². The molecule has 4 aromatic rings. The molecule has 1 saturated heterocycles. The molecule has 0 aliphatic carbocycles. The van der Waals surface area contributed by atoms with Gasteiger partial charge >= 0.3 is 12.1 Å². The van der Waals surface area contributed by atoms with Crippen LogP contribution in [0.1, 0.15) is 32.0 Å². The quantitative estimate of drug-likeness (QED) is 0.329. The number of rotatable bonds is 5. The van der Waals surface area contributed by atoms with Gasteiger partial charge in [0.05, 0.1) is 30.8 Å². The van der Waals surface area contributed by atoms with Gasteiger partial charge in [-0.25, -0.2) is 9.48 Å². The number of aromatic nitrogens is 2. The number of carboxylic acids is 1. The van der Waals surface area contributed by atoms with Crippen molar-refractivity contribution in [3.63, 3.8) is 0 Å². The number of hydrogen-bond acceptors (Lipinski definition) is 6. The van der Waals surface area contributed by atoms with Crippen LogP contribution in [-0.4, -0.2) is 76.6 Å². The Bertz CT molecular complexity index is 1650. The van der Waals surface area contributed by atoms with Crippen molar-refractivity contribution in [3.05, 3.63) is 107 Å². The van der Waals surface area contributed by atoms with Crippen molar-refractivity contribution in [2.24, 2.45) is 0 Å². The van der Waals surface area contributed by atoms with Crippen LogP contribution in [0.5, 0.6) is 0 Å². The van der Waals surface area contributed by atoms with Crippen LogP contribution in [0, 0.1) is 0 Å². The van der Waals surface area contributed by atoms with Gasteiger partial charge in [0, 0.05) is 60.7 Å². The predicted molar refractivity (Wildman–Crippen MR) is 160 cm³/mol. The Balaban J connectivity index is 0.000000515. The smallest absolute Gasteiger partial charge is 0.475 e. The molecule has 0 unspecified atom stereocenters. The summed E-state index contributed by atoms with van der Waals surface area (Å²) >= 11 is 0. The molecule has 6 rings (SSSR count). The fourth-order valence-electron chi connectivity index (χ4n) is 5.05. The van der Waals surface area contributed by atoms with Crippen LogP contribution in [0.3, 0.4) is 0 Å². The minimum absolute atomic E-state index is 0.0284. The summed E-state index contributed by atoms with van der Waals surface area (Å²) in [6, 6.07) is 24.7. The topological polar surface area (TPSA) is 117 Å². The van der Waals surface area contributed by atoms with E-state index in [0.29, 0.717) is 30.6 Å². The van der Waals surface area contributed by atoms with Crippen LogP contribution in [0.25, 0.3) is 5.69 Å². The second-order valence-electron chi connectivity index (χ2n) is 10.3. The van der Waals surface area contributed by atoms with Crippen LogP contribution >= 0.6 is 0 Å². The number of hydrogen-bond donors (Lipinski definition) is 2. The molecule has 0 saturated carbocycles. The monoisotopic (exact) mass is 621 g/mol. The number of nitrogens with zero attached hydrogens (tertiary/aromatic N) is 4. The fraction of sp³-hybridized carbons (Fsp3) is 0.250. The Morgan fingerprint density at radius 3 is 2.18 bits per heavy atom. The molecule has 2 aliphatic rings. The van der Waals surface area contributed by atoms with E-state index in [9.17, 15) is 22.8 Å². The Morgan fingerprint density at radius 2 is 1.51 bits per heavy atom. The number of carbonyl (C=O) groups excluding carboxylic acids is 2. The van der Waals surface area contributed by atoms with Crippen LogP contribution < -0.4 is 10.2 Å². The molecule has 2 aliphatic heterocycles. The molecule has 2 amide bonds. The second kappa shape index (κ2) is 13.6. The highest BCUT2D eigenvalue weighted by Crippen LogP contribution is 2.24. The first-order valence-corrected chi connectivity index (χ1v) is 14.1. The Hall–Kier alpha value is -5.17. The van der Waals surface area contributed by atoms with Crippen LogP contribution in [0.2, 0.25) is 0 Å². The lowest BCUT2D eigenvalue weighted by atomic mass is 10.1. The highest BCUT2D eigenvalue weighted by molar-refractivity contribution is 6.04. The summed E-state index contributed by atoms with van der Waals surface area (Å²) in [5.41, 5.74) is 6.04. The van der Waals surface area contributed by atoms with Gasteiger partial charge in [0.2, 0.25) is 0 Å². The lowest BCUT2D eigenvalue weighted by molar-refractivity contribution is -0.192. The van der Waals surface area contributed by atoms with Crippen molar-refractivity contribution in [3.8, 4) is 5.69 Å². The first-order valence-electron chi connectivity index (χ1n) is 14.1. The summed E-state index contributed by atoms with van der Waals surface area (Å²) in [5, 5.41) is 14.7. The third-order valence-electron chi connectivity index (χ3n) is 7.34. The number of nitrogens with one attached hydrogen (secondary N) is 1. The molecule has 45 heavy (non-hydrogen) atoms. The molecule has 3 aromatic carbocycles. The van der Waals surface area contributed by atoms with E-state index in [4.69, 9.17) is 14.6 Å².